The molecule has 4 nitrogen and oxygen atoms in total. The summed E-state index contributed by atoms with van der Waals surface area (Å²) >= 11 is 0. The zero-order chi connectivity index (χ0) is 12.8. The van der Waals surface area contributed by atoms with E-state index in [-0.39, 0.29) is 24.4 Å². The monoisotopic (exact) mass is 236 g/mol. The maximum absolute atomic E-state index is 11.8. The third-order valence-corrected chi connectivity index (χ3v) is 2.71. The van der Waals surface area contributed by atoms with E-state index in [0.717, 1.165) is 5.56 Å². The standard InChI is InChI=1S/C13H20N2O2/c1-9(16)8-15-13(17)10(2)12(14)11-6-4-3-5-7-11/h3-7,9-10,12,16H,8,14H2,1-2H3,(H,15,17)/t9-,10?,12?/m1/s1. The van der Waals surface area contributed by atoms with Crippen molar-refractivity contribution >= 4 is 5.91 Å². The summed E-state index contributed by atoms with van der Waals surface area (Å²) in [5.74, 6) is -0.460. The van der Waals surface area contributed by atoms with Gasteiger partial charge in [0.1, 0.15) is 0 Å². The average molecular weight is 236 g/mol. The molecule has 1 aromatic rings. The van der Waals surface area contributed by atoms with Gasteiger partial charge in [-0.1, -0.05) is 37.3 Å². The molecule has 0 radical (unpaired) electrons. The van der Waals surface area contributed by atoms with Crippen molar-refractivity contribution in [2.45, 2.75) is 26.0 Å². The Morgan fingerprint density at radius 3 is 2.47 bits per heavy atom. The Hall–Kier alpha value is -1.39. The Morgan fingerprint density at radius 2 is 1.94 bits per heavy atom. The number of carbonyl (C=O) groups excluding carboxylic acids is 1. The summed E-state index contributed by atoms with van der Waals surface area (Å²) in [5, 5.41) is 11.8. The summed E-state index contributed by atoms with van der Waals surface area (Å²) in [6.07, 6.45) is -0.543. The van der Waals surface area contributed by atoms with Gasteiger partial charge in [-0.2, -0.15) is 0 Å². The molecule has 1 amide bonds. The molecular formula is C13H20N2O2. The summed E-state index contributed by atoms with van der Waals surface area (Å²) in [7, 11) is 0. The molecule has 0 bridgehead atoms. The predicted octanol–water partition coefficient (Wildman–Crippen LogP) is 0.820. The number of carbonyl (C=O) groups is 1. The van der Waals surface area contributed by atoms with Gasteiger partial charge in [0, 0.05) is 12.6 Å². The number of amides is 1. The van der Waals surface area contributed by atoms with Crippen LogP contribution in [0.4, 0.5) is 0 Å². The fraction of sp³-hybridized carbons (Fsp3) is 0.462. The van der Waals surface area contributed by atoms with Crippen LogP contribution in [0.3, 0.4) is 0 Å². The van der Waals surface area contributed by atoms with Crippen LogP contribution in [0.15, 0.2) is 30.3 Å². The minimum Gasteiger partial charge on any atom is -0.392 e. The van der Waals surface area contributed by atoms with E-state index in [1.807, 2.05) is 30.3 Å². The number of benzene rings is 1. The quantitative estimate of drug-likeness (QED) is 0.708. The summed E-state index contributed by atoms with van der Waals surface area (Å²) < 4.78 is 0. The van der Waals surface area contributed by atoms with E-state index >= 15 is 0 Å². The van der Waals surface area contributed by atoms with Crippen molar-refractivity contribution in [2.75, 3.05) is 6.54 Å². The average Bonchev–Trinajstić information content (AvgIpc) is 2.35. The molecule has 4 heteroatoms. The SMILES string of the molecule is CC(C(=O)NC[C@@H](C)O)C(N)c1ccccc1. The van der Waals surface area contributed by atoms with Crippen molar-refractivity contribution in [2.24, 2.45) is 11.7 Å². The van der Waals surface area contributed by atoms with Gasteiger partial charge in [-0.05, 0) is 12.5 Å². The fourth-order valence-corrected chi connectivity index (χ4v) is 1.54. The molecule has 0 aliphatic carbocycles. The highest BCUT2D eigenvalue weighted by Gasteiger charge is 2.21. The lowest BCUT2D eigenvalue weighted by Crippen LogP contribution is -2.38. The third-order valence-electron chi connectivity index (χ3n) is 2.71. The number of nitrogens with two attached hydrogens (primary N) is 1. The lowest BCUT2D eigenvalue weighted by molar-refractivity contribution is -0.125. The number of hydrogen-bond acceptors (Lipinski definition) is 3. The van der Waals surface area contributed by atoms with Crippen LogP contribution < -0.4 is 11.1 Å². The molecule has 1 rings (SSSR count). The second-order valence-electron chi connectivity index (χ2n) is 4.32. The molecule has 2 unspecified atom stereocenters. The van der Waals surface area contributed by atoms with E-state index < -0.39 is 6.10 Å². The summed E-state index contributed by atoms with van der Waals surface area (Å²) in [6.45, 7) is 3.67. The minimum atomic E-state index is -0.543. The van der Waals surface area contributed by atoms with Crippen LogP contribution in [0, 0.1) is 5.92 Å². The molecule has 4 N–H and O–H groups in total. The Kier molecular flexibility index (Phi) is 5.12. The molecule has 1 aromatic carbocycles. The summed E-state index contributed by atoms with van der Waals surface area (Å²) in [5.41, 5.74) is 6.96. The normalized spacial score (nSPS) is 16.0. The Morgan fingerprint density at radius 1 is 1.35 bits per heavy atom. The van der Waals surface area contributed by atoms with Crippen molar-refractivity contribution in [1.82, 2.24) is 5.32 Å². The molecule has 0 spiro atoms. The number of rotatable bonds is 5. The van der Waals surface area contributed by atoms with Crippen molar-refractivity contribution in [3.05, 3.63) is 35.9 Å². The predicted molar refractivity (Wildman–Crippen MR) is 67.2 cm³/mol. The topological polar surface area (TPSA) is 75.3 Å². The zero-order valence-corrected chi connectivity index (χ0v) is 10.3. The van der Waals surface area contributed by atoms with Crippen LogP contribution >= 0.6 is 0 Å². The number of aliphatic hydroxyl groups excluding tert-OH is 1. The first-order valence-electron chi connectivity index (χ1n) is 5.78. The second-order valence-corrected chi connectivity index (χ2v) is 4.32. The maximum atomic E-state index is 11.8. The molecular weight excluding hydrogens is 216 g/mol. The van der Waals surface area contributed by atoms with Gasteiger partial charge in [-0.25, -0.2) is 0 Å². The van der Waals surface area contributed by atoms with Gasteiger partial charge < -0.3 is 16.2 Å². The van der Waals surface area contributed by atoms with Crippen molar-refractivity contribution < 1.29 is 9.90 Å². The van der Waals surface area contributed by atoms with E-state index in [0.29, 0.717) is 0 Å². The van der Waals surface area contributed by atoms with Crippen LogP contribution in [0.25, 0.3) is 0 Å². The van der Waals surface area contributed by atoms with Gasteiger partial charge >= 0.3 is 0 Å². The van der Waals surface area contributed by atoms with E-state index in [1.165, 1.54) is 0 Å². The first-order chi connectivity index (χ1) is 8.02. The molecule has 0 heterocycles. The van der Waals surface area contributed by atoms with Gasteiger partial charge in [0.05, 0.1) is 12.0 Å². The van der Waals surface area contributed by atoms with Crippen LogP contribution in [-0.4, -0.2) is 23.7 Å². The highest BCUT2D eigenvalue weighted by Crippen LogP contribution is 2.18. The Labute approximate surface area is 102 Å². The molecule has 3 atom stereocenters. The van der Waals surface area contributed by atoms with Crippen molar-refractivity contribution in [3.63, 3.8) is 0 Å². The minimum absolute atomic E-state index is 0.137. The molecule has 0 aliphatic heterocycles. The fourth-order valence-electron chi connectivity index (χ4n) is 1.54. The number of nitrogens with one attached hydrogen (secondary N) is 1. The molecule has 0 saturated carbocycles. The second kappa shape index (κ2) is 6.37. The number of hydrogen-bond donors (Lipinski definition) is 3. The van der Waals surface area contributed by atoms with E-state index in [4.69, 9.17) is 10.8 Å². The lowest BCUT2D eigenvalue weighted by atomic mass is 9.94. The van der Waals surface area contributed by atoms with Crippen molar-refractivity contribution in [1.29, 1.82) is 0 Å². The van der Waals surface area contributed by atoms with Gasteiger partial charge in [0.25, 0.3) is 0 Å². The Bertz CT molecular complexity index is 352. The van der Waals surface area contributed by atoms with Gasteiger partial charge in [-0.3, -0.25) is 4.79 Å². The van der Waals surface area contributed by atoms with Crippen LogP contribution in [-0.2, 0) is 4.79 Å². The summed E-state index contributed by atoms with van der Waals surface area (Å²) in [4.78, 5) is 11.8. The van der Waals surface area contributed by atoms with Gasteiger partial charge in [-0.15, -0.1) is 0 Å². The maximum Gasteiger partial charge on any atom is 0.224 e. The largest absolute Gasteiger partial charge is 0.392 e. The van der Waals surface area contributed by atoms with E-state index in [9.17, 15) is 4.79 Å². The molecule has 0 aromatic heterocycles. The molecule has 17 heavy (non-hydrogen) atoms. The highest BCUT2D eigenvalue weighted by atomic mass is 16.3. The number of aliphatic hydroxyl groups is 1. The smallest absolute Gasteiger partial charge is 0.224 e. The van der Waals surface area contributed by atoms with Crippen LogP contribution in [0.1, 0.15) is 25.5 Å². The highest BCUT2D eigenvalue weighted by molar-refractivity contribution is 5.79. The van der Waals surface area contributed by atoms with Crippen LogP contribution in [0.5, 0.6) is 0 Å². The van der Waals surface area contributed by atoms with Gasteiger partial charge in [0.15, 0.2) is 0 Å². The Balaban J connectivity index is 2.57. The molecule has 0 aliphatic rings. The van der Waals surface area contributed by atoms with Crippen LogP contribution in [0.2, 0.25) is 0 Å². The van der Waals surface area contributed by atoms with Gasteiger partial charge in [0.2, 0.25) is 5.91 Å². The van der Waals surface area contributed by atoms with Crippen molar-refractivity contribution in [3.8, 4) is 0 Å². The molecule has 0 fully saturated rings. The third kappa shape index (κ3) is 4.17. The molecule has 0 saturated heterocycles. The first-order valence-corrected chi connectivity index (χ1v) is 5.78. The molecule has 94 valence electrons. The lowest BCUT2D eigenvalue weighted by Gasteiger charge is -2.20. The summed E-state index contributed by atoms with van der Waals surface area (Å²) in [6, 6.07) is 9.19. The van der Waals surface area contributed by atoms with E-state index in [1.54, 1.807) is 13.8 Å². The van der Waals surface area contributed by atoms with E-state index in [2.05, 4.69) is 5.32 Å². The zero-order valence-electron chi connectivity index (χ0n) is 10.3. The first kappa shape index (κ1) is 13.7.